The van der Waals surface area contributed by atoms with Gasteiger partial charge in [-0.15, -0.1) is 0 Å². The van der Waals surface area contributed by atoms with Crippen LogP contribution in [0, 0.1) is 13.8 Å². The first kappa shape index (κ1) is 15.6. The van der Waals surface area contributed by atoms with Crippen molar-refractivity contribution >= 4 is 16.9 Å². The highest BCUT2D eigenvalue weighted by Crippen LogP contribution is 2.33. The van der Waals surface area contributed by atoms with E-state index in [9.17, 15) is 9.90 Å². The zero-order valence-electron chi connectivity index (χ0n) is 13.2. The summed E-state index contributed by atoms with van der Waals surface area (Å²) >= 11 is 0. The molecule has 2 aromatic rings. The minimum Gasteiger partial charge on any atom is -0.478 e. The van der Waals surface area contributed by atoms with E-state index < -0.39 is 5.97 Å². The van der Waals surface area contributed by atoms with Crippen LogP contribution in [0.25, 0.3) is 10.9 Å². The van der Waals surface area contributed by atoms with Crippen LogP contribution in [0.1, 0.15) is 53.5 Å². The lowest BCUT2D eigenvalue weighted by atomic mass is 10.0. The van der Waals surface area contributed by atoms with Crippen molar-refractivity contribution in [2.24, 2.45) is 5.73 Å². The molecule has 4 heteroatoms. The number of benzene rings is 1. The number of carboxylic acid groups (broad SMARTS) is 1. The molecule has 114 valence electrons. The monoisotopic (exact) mass is 288 g/mol. The Hall–Kier alpha value is -1.81. The number of aromatic nitrogens is 1. The molecule has 1 aromatic carbocycles. The van der Waals surface area contributed by atoms with Crippen LogP contribution in [0.2, 0.25) is 0 Å². The molecule has 0 atom stereocenters. The normalized spacial score (nSPS) is 11.5. The van der Waals surface area contributed by atoms with E-state index >= 15 is 0 Å². The number of nitrogens with two attached hydrogens (primary N) is 1. The van der Waals surface area contributed by atoms with E-state index in [2.05, 4.69) is 31.4 Å². The van der Waals surface area contributed by atoms with Crippen LogP contribution in [-0.2, 0) is 6.42 Å². The van der Waals surface area contributed by atoms with Crippen molar-refractivity contribution in [3.05, 3.63) is 34.5 Å². The molecule has 0 unspecified atom stereocenters. The largest absolute Gasteiger partial charge is 0.478 e. The summed E-state index contributed by atoms with van der Waals surface area (Å²) in [4.78, 5) is 11.6. The van der Waals surface area contributed by atoms with Gasteiger partial charge in [0.1, 0.15) is 0 Å². The first-order valence-corrected chi connectivity index (χ1v) is 7.45. The molecule has 0 aliphatic heterocycles. The quantitative estimate of drug-likeness (QED) is 0.885. The number of carboxylic acids is 1. The van der Waals surface area contributed by atoms with Gasteiger partial charge in [0.25, 0.3) is 0 Å². The van der Waals surface area contributed by atoms with Gasteiger partial charge >= 0.3 is 5.97 Å². The summed E-state index contributed by atoms with van der Waals surface area (Å²) in [6, 6.07) is 4.08. The molecule has 2 rings (SSSR count). The highest BCUT2D eigenvalue weighted by atomic mass is 16.4. The fourth-order valence-electron chi connectivity index (χ4n) is 3.18. The van der Waals surface area contributed by atoms with E-state index in [-0.39, 0.29) is 6.04 Å². The molecular formula is C17H24N2O2. The molecule has 0 saturated heterocycles. The highest BCUT2D eigenvalue weighted by Gasteiger charge is 2.21. The van der Waals surface area contributed by atoms with Gasteiger partial charge in [0.15, 0.2) is 0 Å². The van der Waals surface area contributed by atoms with E-state index in [1.165, 1.54) is 5.56 Å². The summed E-state index contributed by atoms with van der Waals surface area (Å²) in [7, 11) is 0. The first-order chi connectivity index (χ1) is 9.88. The van der Waals surface area contributed by atoms with E-state index in [4.69, 9.17) is 5.73 Å². The molecule has 0 aliphatic rings. The molecule has 3 N–H and O–H groups in total. The van der Waals surface area contributed by atoms with Crippen molar-refractivity contribution in [2.45, 2.75) is 46.6 Å². The smallest absolute Gasteiger partial charge is 0.337 e. The van der Waals surface area contributed by atoms with Crippen molar-refractivity contribution in [3.8, 4) is 0 Å². The van der Waals surface area contributed by atoms with Crippen LogP contribution in [0.4, 0.5) is 0 Å². The molecule has 0 aliphatic carbocycles. The lowest BCUT2D eigenvalue weighted by molar-refractivity contribution is 0.0698. The SMILES string of the molecule is Cc1cc(C(=O)O)c2c(c1)c(CCCN)c(C)n2C(C)C. The van der Waals surface area contributed by atoms with E-state index in [0.717, 1.165) is 35.0 Å². The maximum Gasteiger partial charge on any atom is 0.337 e. The van der Waals surface area contributed by atoms with Gasteiger partial charge in [0, 0.05) is 17.1 Å². The second-order valence-corrected chi connectivity index (χ2v) is 5.93. The number of hydrogen-bond donors (Lipinski definition) is 2. The number of carbonyl (C=O) groups is 1. The Morgan fingerprint density at radius 2 is 2.00 bits per heavy atom. The van der Waals surface area contributed by atoms with Gasteiger partial charge in [-0.1, -0.05) is 0 Å². The maximum atomic E-state index is 11.6. The predicted molar refractivity (Wildman–Crippen MR) is 86.1 cm³/mol. The van der Waals surface area contributed by atoms with Crippen molar-refractivity contribution in [1.29, 1.82) is 0 Å². The fourth-order valence-corrected chi connectivity index (χ4v) is 3.18. The third-order valence-electron chi connectivity index (χ3n) is 4.00. The number of fused-ring (bicyclic) bond motifs is 1. The van der Waals surface area contributed by atoms with Gasteiger partial charge in [0.2, 0.25) is 0 Å². The van der Waals surface area contributed by atoms with E-state index in [0.29, 0.717) is 12.1 Å². The highest BCUT2D eigenvalue weighted by molar-refractivity contribution is 6.04. The first-order valence-electron chi connectivity index (χ1n) is 7.45. The summed E-state index contributed by atoms with van der Waals surface area (Å²) in [6.07, 6.45) is 1.80. The zero-order valence-corrected chi connectivity index (χ0v) is 13.2. The Morgan fingerprint density at radius 1 is 1.33 bits per heavy atom. The summed E-state index contributed by atoms with van der Waals surface area (Å²) in [6.45, 7) is 8.84. The number of nitrogens with zero attached hydrogens (tertiary/aromatic N) is 1. The van der Waals surface area contributed by atoms with Gasteiger partial charge < -0.3 is 15.4 Å². The number of rotatable bonds is 5. The third kappa shape index (κ3) is 2.68. The lowest BCUT2D eigenvalue weighted by Gasteiger charge is -2.14. The van der Waals surface area contributed by atoms with Gasteiger partial charge in [0.05, 0.1) is 11.1 Å². The number of aryl methyl sites for hydroxylation is 2. The molecule has 0 amide bonds. The van der Waals surface area contributed by atoms with Crippen LogP contribution in [0.15, 0.2) is 12.1 Å². The standard InChI is InChI=1S/C17H24N2O2/c1-10(2)19-12(4)13(6-5-7-18)14-8-11(3)9-15(16(14)19)17(20)21/h8-10H,5-7,18H2,1-4H3,(H,20,21). The molecule has 1 heterocycles. The Morgan fingerprint density at radius 3 is 2.52 bits per heavy atom. The number of aromatic carboxylic acids is 1. The fraction of sp³-hybridized carbons (Fsp3) is 0.471. The van der Waals surface area contributed by atoms with Gasteiger partial charge in [-0.05, 0) is 70.3 Å². The average Bonchev–Trinajstić information content (AvgIpc) is 2.67. The van der Waals surface area contributed by atoms with Crippen LogP contribution >= 0.6 is 0 Å². The molecule has 0 fully saturated rings. The summed E-state index contributed by atoms with van der Waals surface area (Å²) in [5.41, 5.74) is 10.2. The van der Waals surface area contributed by atoms with Crippen molar-refractivity contribution in [1.82, 2.24) is 4.57 Å². The van der Waals surface area contributed by atoms with Crippen molar-refractivity contribution < 1.29 is 9.90 Å². The molecule has 0 radical (unpaired) electrons. The van der Waals surface area contributed by atoms with Crippen LogP contribution in [0.3, 0.4) is 0 Å². The second-order valence-electron chi connectivity index (χ2n) is 5.93. The Labute approximate surface area is 125 Å². The van der Waals surface area contributed by atoms with Crippen LogP contribution in [-0.4, -0.2) is 22.2 Å². The van der Waals surface area contributed by atoms with Crippen LogP contribution < -0.4 is 5.73 Å². The Balaban J connectivity index is 2.86. The summed E-state index contributed by atoms with van der Waals surface area (Å²) in [5.74, 6) is -0.867. The molecule has 1 aromatic heterocycles. The summed E-state index contributed by atoms with van der Waals surface area (Å²) in [5, 5.41) is 10.6. The zero-order chi connectivity index (χ0) is 15.7. The Kier molecular flexibility index (Phi) is 4.37. The molecule has 0 bridgehead atoms. The second kappa shape index (κ2) is 5.90. The van der Waals surface area contributed by atoms with Crippen LogP contribution in [0.5, 0.6) is 0 Å². The summed E-state index contributed by atoms with van der Waals surface area (Å²) < 4.78 is 2.14. The van der Waals surface area contributed by atoms with Gasteiger partial charge in [-0.25, -0.2) is 4.79 Å². The maximum absolute atomic E-state index is 11.6. The molecule has 0 saturated carbocycles. The molecule has 4 nitrogen and oxygen atoms in total. The molecule has 21 heavy (non-hydrogen) atoms. The predicted octanol–water partition coefficient (Wildman–Crippen LogP) is 3.43. The van der Waals surface area contributed by atoms with E-state index in [1.807, 2.05) is 6.92 Å². The average molecular weight is 288 g/mol. The number of hydrogen-bond acceptors (Lipinski definition) is 2. The topological polar surface area (TPSA) is 68.2 Å². The van der Waals surface area contributed by atoms with Crippen molar-refractivity contribution in [2.75, 3.05) is 6.54 Å². The van der Waals surface area contributed by atoms with Crippen molar-refractivity contribution in [3.63, 3.8) is 0 Å². The molecule has 0 spiro atoms. The minimum atomic E-state index is -0.867. The van der Waals surface area contributed by atoms with E-state index in [1.54, 1.807) is 6.07 Å². The lowest BCUT2D eigenvalue weighted by Crippen LogP contribution is -2.07. The third-order valence-corrected chi connectivity index (χ3v) is 4.00. The minimum absolute atomic E-state index is 0.222. The van der Waals surface area contributed by atoms with Gasteiger partial charge in [-0.3, -0.25) is 0 Å². The molecular weight excluding hydrogens is 264 g/mol. The van der Waals surface area contributed by atoms with Gasteiger partial charge in [-0.2, -0.15) is 0 Å². The Bertz CT molecular complexity index is 684.